The summed E-state index contributed by atoms with van der Waals surface area (Å²) in [6.45, 7) is 3.48. The third kappa shape index (κ3) is 3.43. The van der Waals surface area contributed by atoms with Crippen LogP contribution in [0, 0.1) is 24.0 Å². The topological polar surface area (TPSA) is 85.1 Å². The summed E-state index contributed by atoms with van der Waals surface area (Å²) in [5, 5.41) is 13.4. The second-order valence-corrected chi connectivity index (χ2v) is 5.39. The van der Waals surface area contributed by atoms with E-state index in [4.69, 9.17) is 0 Å². The number of pyridine rings is 1. The van der Waals surface area contributed by atoms with Crippen molar-refractivity contribution in [1.82, 2.24) is 4.98 Å². The molecule has 0 unspecified atom stereocenters. The average Bonchev–Trinajstić information content (AvgIpc) is 2.42. The maximum absolute atomic E-state index is 12.1. The minimum absolute atomic E-state index is 0.0100. The quantitative estimate of drug-likeness (QED) is 0.677. The number of nitro benzene ring substituents is 1. The van der Waals surface area contributed by atoms with E-state index in [0.717, 1.165) is 10.0 Å². The predicted molar refractivity (Wildman–Crippen MR) is 82.5 cm³/mol. The second kappa shape index (κ2) is 6.01. The van der Waals surface area contributed by atoms with Gasteiger partial charge in [0, 0.05) is 27.9 Å². The number of halogens is 1. The Morgan fingerprint density at radius 3 is 2.57 bits per heavy atom. The highest BCUT2D eigenvalue weighted by Crippen LogP contribution is 2.20. The highest BCUT2D eigenvalue weighted by molar-refractivity contribution is 9.10. The maximum Gasteiger partial charge on any atom is 0.272 e. The highest BCUT2D eigenvalue weighted by Gasteiger charge is 2.14. The van der Waals surface area contributed by atoms with E-state index in [1.807, 2.05) is 6.92 Å². The predicted octanol–water partition coefficient (Wildman–Crippen LogP) is 3.62. The highest BCUT2D eigenvalue weighted by atomic mass is 79.9. The van der Waals surface area contributed by atoms with E-state index in [-0.39, 0.29) is 11.6 Å². The minimum Gasteiger partial charge on any atom is -0.307 e. The van der Waals surface area contributed by atoms with Crippen LogP contribution in [0.15, 0.2) is 34.9 Å². The molecule has 0 atom stereocenters. The van der Waals surface area contributed by atoms with Gasteiger partial charge in [-0.15, -0.1) is 0 Å². The smallest absolute Gasteiger partial charge is 0.272 e. The van der Waals surface area contributed by atoms with E-state index in [1.54, 1.807) is 19.2 Å². The molecule has 1 amide bonds. The fourth-order valence-electron chi connectivity index (χ4n) is 1.80. The van der Waals surface area contributed by atoms with Gasteiger partial charge in [-0.3, -0.25) is 14.9 Å². The molecule has 1 heterocycles. The van der Waals surface area contributed by atoms with Crippen molar-refractivity contribution in [1.29, 1.82) is 0 Å². The first-order valence-corrected chi connectivity index (χ1v) is 6.86. The van der Waals surface area contributed by atoms with Gasteiger partial charge < -0.3 is 5.32 Å². The molecule has 0 saturated heterocycles. The summed E-state index contributed by atoms with van der Waals surface area (Å²) in [7, 11) is 0. The summed E-state index contributed by atoms with van der Waals surface area (Å²) < 4.78 is 0.853. The van der Waals surface area contributed by atoms with Gasteiger partial charge in [-0.2, -0.15) is 0 Å². The lowest BCUT2D eigenvalue weighted by Gasteiger charge is -2.07. The van der Waals surface area contributed by atoms with Crippen molar-refractivity contribution in [2.45, 2.75) is 13.8 Å². The van der Waals surface area contributed by atoms with Crippen molar-refractivity contribution < 1.29 is 9.72 Å². The van der Waals surface area contributed by atoms with E-state index in [9.17, 15) is 14.9 Å². The standard InChI is InChI=1S/C14H12BrN3O3/c1-8-6-13(16-7-11(8)15)17-14(19)10-3-4-12(18(20)21)9(2)5-10/h3-7H,1-2H3,(H,16,17,19). The molecule has 1 aromatic carbocycles. The summed E-state index contributed by atoms with van der Waals surface area (Å²) in [5.74, 6) is 0.0685. The lowest BCUT2D eigenvalue weighted by Crippen LogP contribution is -2.13. The normalized spacial score (nSPS) is 10.2. The van der Waals surface area contributed by atoms with Crippen molar-refractivity contribution >= 4 is 33.3 Å². The summed E-state index contributed by atoms with van der Waals surface area (Å²) in [6, 6.07) is 5.97. The molecule has 1 aromatic heterocycles. The molecule has 0 spiro atoms. The van der Waals surface area contributed by atoms with Crippen LogP contribution >= 0.6 is 15.9 Å². The number of benzene rings is 1. The lowest BCUT2D eigenvalue weighted by atomic mass is 10.1. The molecule has 0 aliphatic heterocycles. The molecule has 0 fully saturated rings. The molecule has 0 aliphatic rings. The summed E-state index contributed by atoms with van der Waals surface area (Å²) >= 11 is 3.33. The maximum atomic E-state index is 12.1. The number of aryl methyl sites for hydroxylation is 2. The summed E-state index contributed by atoms with van der Waals surface area (Å²) in [4.78, 5) is 26.5. The Labute approximate surface area is 129 Å². The molecule has 0 bridgehead atoms. The number of rotatable bonds is 3. The number of aromatic nitrogens is 1. The van der Waals surface area contributed by atoms with Gasteiger partial charge in [0.2, 0.25) is 0 Å². The lowest BCUT2D eigenvalue weighted by molar-refractivity contribution is -0.385. The van der Waals surface area contributed by atoms with Gasteiger partial charge in [-0.1, -0.05) is 0 Å². The molecule has 2 rings (SSSR count). The fourth-order valence-corrected chi connectivity index (χ4v) is 2.01. The fraction of sp³-hybridized carbons (Fsp3) is 0.143. The summed E-state index contributed by atoms with van der Waals surface area (Å²) in [6.07, 6.45) is 1.60. The van der Waals surface area contributed by atoms with Crippen LogP contribution in [-0.2, 0) is 0 Å². The SMILES string of the molecule is Cc1cc(NC(=O)c2ccc([N+](=O)[O-])c(C)c2)ncc1Br. The average molecular weight is 350 g/mol. The van der Waals surface area contributed by atoms with Crippen LogP contribution in [0.1, 0.15) is 21.5 Å². The third-order valence-electron chi connectivity index (χ3n) is 2.94. The Morgan fingerprint density at radius 2 is 2.00 bits per heavy atom. The molecule has 7 heteroatoms. The number of hydrogen-bond donors (Lipinski definition) is 1. The monoisotopic (exact) mass is 349 g/mol. The van der Waals surface area contributed by atoms with E-state index in [2.05, 4.69) is 26.2 Å². The number of hydrogen-bond acceptors (Lipinski definition) is 4. The zero-order valence-electron chi connectivity index (χ0n) is 11.4. The first-order valence-electron chi connectivity index (χ1n) is 6.07. The minimum atomic E-state index is -0.476. The molecular formula is C14H12BrN3O3. The van der Waals surface area contributed by atoms with Crippen LogP contribution in [0.3, 0.4) is 0 Å². The van der Waals surface area contributed by atoms with Gasteiger partial charge in [0.1, 0.15) is 5.82 Å². The van der Waals surface area contributed by atoms with Crippen LogP contribution in [-0.4, -0.2) is 15.8 Å². The van der Waals surface area contributed by atoms with E-state index in [1.165, 1.54) is 18.2 Å². The van der Waals surface area contributed by atoms with Crippen molar-refractivity contribution in [2.75, 3.05) is 5.32 Å². The number of nitrogens with zero attached hydrogens (tertiary/aromatic N) is 2. The van der Waals surface area contributed by atoms with Gasteiger partial charge in [-0.05, 0) is 53.5 Å². The van der Waals surface area contributed by atoms with Crippen LogP contribution in [0.5, 0.6) is 0 Å². The molecular weight excluding hydrogens is 338 g/mol. The van der Waals surface area contributed by atoms with E-state index >= 15 is 0 Å². The van der Waals surface area contributed by atoms with E-state index in [0.29, 0.717) is 16.9 Å². The molecule has 0 saturated carbocycles. The molecule has 6 nitrogen and oxygen atoms in total. The molecule has 0 radical (unpaired) electrons. The first kappa shape index (κ1) is 15.1. The Bertz CT molecular complexity index is 731. The number of carbonyl (C=O) groups is 1. The van der Waals surface area contributed by atoms with Crippen molar-refractivity contribution in [3.63, 3.8) is 0 Å². The number of amides is 1. The van der Waals surface area contributed by atoms with Crippen molar-refractivity contribution in [3.05, 3.63) is 61.7 Å². The number of nitro groups is 1. The molecule has 21 heavy (non-hydrogen) atoms. The van der Waals surface area contributed by atoms with Crippen LogP contribution in [0.4, 0.5) is 11.5 Å². The summed E-state index contributed by atoms with van der Waals surface area (Å²) in [5.41, 5.74) is 1.72. The van der Waals surface area contributed by atoms with Gasteiger partial charge in [-0.25, -0.2) is 4.98 Å². The largest absolute Gasteiger partial charge is 0.307 e. The number of anilines is 1. The molecule has 108 valence electrons. The van der Waals surface area contributed by atoms with Crippen LogP contribution < -0.4 is 5.32 Å². The Hall–Kier alpha value is -2.28. The number of nitrogens with one attached hydrogen (secondary N) is 1. The molecule has 1 N–H and O–H groups in total. The second-order valence-electron chi connectivity index (χ2n) is 4.53. The zero-order chi connectivity index (χ0) is 15.6. The third-order valence-corrected chi connectivity index (χ3v) is 3.77. The van der Waals surface area contributed by atoms with Gasteiger partial charge in [0.05, 0.1) is 4.92 Å². The van der Waals surface area contributed by atoms with Crippen molar-refractivity contribution in [2.24, 2.45) is 0 Å². The first-order chi connectivity index (χ1) is 9.88. The van der Waals surface area contributed by atoms with Crippen molar-refractivity contribution in [3.8, 4) is 0 Å². The van der Waals surface area contributed by atoms with Gasteiger partial charge in [0.15, 0.2) is 0 Å². The Morgan fingerprint density at radius 1 is 1.29 bits per heavy atom. The van der Waals surface area contributed by atoms with Crippen LogP contribution in [0.2, 0.25) is 0 Å². The van der Waals surface area contributed by atoms with Gasteiger partial charge >= 0.3 is 0 Å². The number of carbonyl (C=O) groups excluding carboxylic acids is 1. The van der Waals surface area contributed by atoms with Crippen LogP contribution in [0.25, 0.3) is 0 Å². The molecule has 0 aliphatic carbocycles. The van der Waals surface area contributed by atoms with Gasteiger partial charge in [0.25, 0.3) is 11.6 Å². The van der Waals surface area contributed by atoms with E-state index < -0.39 is 4.92 Å². The molecule has 2 aromatic rings. The Balaban J connectivity index is 2.22. The Kier molecular flexibility index (Phi) is 4.32. The zero-order valence-corrected chi connectivity index (χ0v) is 13.0.